The van der Waals surface area contributed by atoms with Crippen LogP contribution >= 0.6 is 11.6 Å². The van der Waals surface area contributed by atoms with Gasteiger partial charge in [-0.15, -0.1) is 0 Å². The molecule has 2 heterocycles. The van der Waals surface area contributed by atoms with Crippen molar-refractivity contribution < 1.29 is 9.53 Å². The molecular formula is C15H9ClN2O2. The lowest BCUT2D eigenvalue weighted by Gasteiger charge is -2.03. The summed E-state index contributed by atoms with van der Waals surface area (Å²) in [5, 5.41) is 8.85. The molecular weight excluding hydrogens is 276 g/mol. The highest BCUT2D eigenvalue weighted by Crippen LogP contribution is 2.29. The molecule has 20 heavy (non-hydrogen) atoms. The number of hydrogen-bond donors (Lipinski definition) is 0. The monoisotopic (exact) mass is 284 g/mol. The van der Waals surface area contributed by atoms with Crippen LogP contribution in [0.3, 0.4) is 0 Å². The van der Waals surface area contributed by atoms with Gasteiger partial charge in [0.2, 0.25) is 0 Å². The summed E-state index contributed by atoms with van der Waals surface area (Å²) in [5.41, 5.74) is 2.07. The van der Waals surface area contributed by atoms with Gasteiger partial charge in [0.25, 0.3) is 5.24 Å². The number of para-hydroxylation sites is 1. The number of fused-ring (bicyclic) bond motifs is 3. The van der Waals surface area contributed by atoms with Crippen LogP contribution in [0.4, 0.5) is 0 Å². The van der Waals surface area contributed by atoms with Crippen LogP contribution in [0.2, 0.25) is 0 Å². The molecule has 0 fully saturated rings. The van der Waals surface area contributed by atoms with Crippen LogP contribution in [0.5, 0.6) is 5.75 Å². The minimum Gasteiger partial charge on any atom is -0.477 e. The Morgan fingerprint density at radius 1 is 1.25 bits per heavy atom. The number of hydrogen-bond acceptors (Lipinski definition) is 3. The maximum absolute atomic E-state index is 11.7. The third kappa shape index (κ3) is 1.89. The molecule has 0 N–H and O–H groups in total. The molecule has 4 nitrogen and oxygen atoms in total. The normalized spacial score (nSPS) is 10.6. The van der Waals surface area contributed by atoms with Crippen LogP contribution in [-0.4, -0.2) is 16.3 Å². The predicted molar refractivity (Wildman–Crippen MR) is 76.2 cm³/mol. The van der Waals surface area contributed by atoms with E-state index in [0.717, 1.165) is 16.4 Å². The topological polar surface area (TPSA) is 54.5 Å². The van der Waals surface area contributed by atoms with Crippen LogP contribution < -0.4 is 4.74 Å². The van der Waals surface area contributed by atoms with Gasteiger partial charge >= 0.3 is 0 Å². The van der Waals surface area contributed by atoms with Crippen molar-refractivity contribution in [1.29, 1.82) is 5.26 Å². The molecule has 0 spiro atoms. The highest BCUT2D eigenvalue weighted by Gasteiger charge is 2.16. The molecule has 0 saturated heterocycles. The molecule has 0 unspecified atom stereocenters. The van der Waals surface area contributed by atoms with Crippen molar-refractivity contribution in [1.82, 2.24) is 4.40 Å². The van der Waals surface area contributed by atoms with E-state index in [0.29, 0.717) is 11.3 Å². The van der Waals surface area contributed by atoms with Gasteiger partial charge in [-0.25, -0.2) is 0 Å². The van der Waals surface area contributed by atoms with Crippen molar-refractivity contribution in [3.8, 4) is 11.8 Å². The van der Waals surface area contributed by atoms with Crippen LogP contribution in [0.1, 0.15) is 10.4 Å². The number of halogens is 1. The summed E-state index contributed by atoms with van der Waals surface area (Å²) in [6, 6.07) is 12.9. The molecule has 0 amide bonds. The van der Waals surface area contributed by atoms with E-state index in [-0.39, 0.29) is 6.61 Å². The number of carbonyl (C=O) groups excluding carboxylic acids is 1. The second-order valence-electron chi connectivity index (χ2n) is 4.23. The average molecular weight is 285 g/mol. The van der Waals surface area contributed by atoms with Gasteiger partial charge < -0.3 is 9.14 Å². The van der Waals surface area contributed by atoms with E-state index in [1.54, 1.807) is 18.3 Å². The maximum atomic E-state index is 11.7. The summed E-state index contributed by atoms with van der Waals surface area (Å²) in [7, 11) is 0. The van der Waals surface area contributed by atoms with Crippen molar-refractivity contribution in [3.05, 3.63) is 48.2 Å². The first kappa shape index (κ1) is 12.5. The van der Waals surface area contributed by atoms with Gasteiger partial charge in [-0.1, -0.05) is 18.2 Å². The zero-order valence-electron chi connectivity index (χ0n) is 10.3. The fourth-order valence-electron chi connectivity index (χ4n) is 2.32. The molecule has 1 aromatic carbocycles. The molecule has 5 heteroatoms. The number of benzene rings is 1. The number of aromatic nitrogens is 1. The van der Waals surface area contributed by atoms with Gasteiger partial charge in [0.15, 0.2) is 6.61 Å². The van der Waals surface area contributed by atoms with Crippen molar-refractivity contribution >= 4 is 33.3 Å². The summed E-state index contributed by atoms with van der Waals surface area (Å²) < 4.78 is 7.13. The number of nitriles is 1. The largest absolute Gasteiger partial charge is 0.477 e. The Balaban J connectivity index is 2.32. The highest BCUT2D eigenvalue weighted by atomic mass is 35.5. The van der Waals surface area contributed by atoms with Gasteiger partial charge in [-0.05, 0) is 29.8 Å². The Hall–Kier alpha value is -2.51. The molecule has 3 rings (SSSR count). The molecule has 0 atom stereocenters. The average Bonchev–Trinajstić information content (AvgIpc) is 2.79. The zero-order valence-corrected chi connectivity index (χ0v) is 11.1. The number of pyridine rings is 1. The van der Waals surface area contributed by atoms with E-state index in [2.05, 4.69) is 0 Å². The van der Waals surface area contributed by atoms with Gasteiger partial charge in [0.05, 0.1) is 22.8 Å². The molecule has 0 bridgehead atoms. The maximum Gasteiger partial charge on any atom is 0.255 e. The number of ether oxygens (including phenoxy) is 1. The van der Waals surface area contributed by atoms with E-state index < -0.39 is 5.24 Å². The Morgan fingerprint density at radius 3 is 2.80 bits per heavy atom. The van der Waals surface area contributed by atoms with Crippen LogP contribution in [0, 0.1) is 11.3 Å². The van der Waals surface area contributed by atoms with E-state index in [1.807, 2.05) is 34.7 Å². The van der Waals surface area contributed by atoms with Gasteiger partial charge in [0.1, 0.15) is 11.8 Å². The van der Waals surface area contributed by atoms with Crippen LogP contribution in [0.25, 0.3) is 16.4 Å². The molecule has 2 aromatic heterocycles. The highest BCUT2D eigenvalue weighted by molar-refractivity contribution is 6.69. The molecule has 0 radical (unpaired) electrons. The van der Waals surface area contributed by atoms with E-state index in [1.165, 1.54) is 0 Å². The van der Waals surface area contributed by atoms with E-state index >= 15 is 0 Å². The zero-order chi connectivity index (χ0) is 14.1. The quantitative estimate of drug-likeness (QED) is 0.693. The van der Waals surface area contributed by atoms with E-state index in [9.17, 15) is 4.79 Å². The minimum absolute atomic E-state index is 0.0218. The van der Waals surface area contributed by atoms with Crippen molar-refractivity contribution in [2.75, 3.05) is 6.61 Å². The van der Waals surface area contributed by atoms with E-state index in [4.69, 9.17) is 21.6 Å². The predicted octanol–water partition coefficient (Wildman–Crippen LogP) is 3.37. The number of nitrogens with zero attached hydrogens (tertiary/aromatic N) is 2. The Labute approximate surface area is 119 Å². The number of carbonyl (C=O) groups is 1. The van der Waals surface area contributed by atoms with Crippen LogP contribution in [0.15, 0.2) is 42.6 Å². The van der Waals surface area contributed by atoms with Crippen molar-refractivity contribution in [2.45, 2.75) is 0 Å². The molecule has 0 aliphatic carbocycles. The fourth-order valence-corrected chi connectivity index (χ4v) is 2.52. The summed E-state index contributed by atoms with van der Waals surface area (Å²) in [6.07, 6.45) is 1.75. The van der Waals surface area contributed by atoms with Gasteiger partial charge in [-0.2, -0.15) is 5.26 Å². The van der Waals surface area contributed by atoms with Gasteiger partial charge in [-0.3, -0.25) is 4.79 Å². The first-order chi connectivity index (χ1) is 9.72. The third-order valence-corrected chi connectivity index (χ3v) is 3.30. The SMILES string of the molecule is N#CCOc1ccc2c(C(=O)Cl)c3ccccc3n2c1. The molecule has 0 aliphatic rings. The molecule has 98 valence electrons. The van der Waals surface area contributed by atoms with Gasteiger partial charge in [0, 0.05) is 5.39 Å². The first-order valence-electron chi connectivity index (χ1n) is 5.95. The second-order valence-corrected chi connectivity index (χ2v) is 4.58. The standard InChI is InChI=1S/C15H9ClN2O2/c16-15(19)14-11-3-1-2-4-12(11)18-9-10(20-8-7-17)5-6-13(14)18/h1-6,9H,8H2. The Morgan fingerprint density at radius 2 is 2.05 bits per heavy atom. The molecule has 3 aromatic rings. The molecule has 0 saturated carbocycles. The smallest absolute Gasteiger partial charge is 0.255 e. The second kappa shape index (κ2) is 4.87. The molecule has 0 aliphatic heterocycles. The van der Waals surface area contributed by atoms with Crippen LogP contribution in [-0.2, 0) is 0 Å². The number of rotatable bonds is 3. The Kier molecular flexibility index (Phi) is 3.05. The summed E-state index contributed by atoms with van der Waals surface area (Å²) in [4.78, 5) is 11.7. The lowest BCUT2D eigenvalue weighted by atomic mass is 10.1. The lowest BCUT2D eigenvalue weighted by Crippen LogP contribution is -1.96. The summed E-state index contributed by atoms with van der Waals surface area (Å²) in [6.45, 7) is -0.0218. The first-order valence-corrected chi connectivity index (χ1v) is 6.32. The lowest BCUT2D eigenvalue weighted by molar-refractivity contribution is 0.108. The third-order valence-electron chi connectivity index (χ3n) is 3.11. The Bertz CT molecular complexity index is 861. The van der Waals surface area contributed by atoms with Crippen molar-refractivity contribution in [3.63, 3.8) is 0 Å². The minimum atomic E-state index is -0.491. The van der Waals surface area contributed by atoms with Crippen molar-refractivity contribution in [2.24, 2.45) is 0 Å². The fraction of sp³-hybridized carbons (Fsp3) is 0.0667. The summed E-state index contributed by atoms with van der Waals surface area (Å²) >= 11 is 5.70. The summed E-state index contributed by atoms with van der Waals surface area (Å²) in [5.74, 6) is 0.563.